The Hall–Kier alpha value is -1.39. The highest BCUT2D eigenvalue weighted by Crippen LogP contribution is 2.17. The number of carbonyl (C=O) groups excluding carboxylic acids is 1. The zero-order valence-corrected chi connectivity index (χ0v) is 14.2. The summed E-state index contributed by atoms with van der Waals surface area (Å²) in [6, 6.07) is 8.98. The third kappa shape index (κ3) is 4.55. The number of hydrogen-bond acceptors (Lipinski definition) is 3. The van der Waals surface area contributed by atoms with Gasteiger partial charge >= 0.3 is 0 Å². The van der Waals surface area contributed by atoms with Gasteiger partial charge in [-0.2, -0.15) is 0 Å². The molecule has 2 N–H and O–H groups in total. The third-order valence-corrected chi connectivity index (χ3v) is 5.26. The van der Waals surface area contributed by atoms with Crippen LogP contribution in [0, 0.1) is 12.8 Å². The molecule has 126 valence electrons. The first kappa shape index (κ1) is 16.5. The molecule has 4 nitrogen and oxygen atoms in total. The predicted octanol–water partition coefficient (Wildman–Crippen LogP) is 2.08. The van der Waals surface area contributed by atoms with Crippen LogP contribution >= 0.6 is 0 Å². The second-order valence-corrected chi connectivity index (χ2v) is 7.03. The topological polar surface area (TPSA) is 44.4 Å². The van der Waals surface area contributed by atoms with Crippen molar-refractivity contribution in [2.75, 3.05) is 26.2 Å². The number of nitrogens with zero attached hydrogens (tertiary/aromatic N) is 1. The van der Waals surface area contributed by atoms with Gasteiger partial charge in [0.05, 0.1) is 5.92 Å². The van der Waals surface area contributed by atoms with Gasteiger partial charge in [0.25, 0.3) is 0 Å². The number of rotatable bonds is 4. The second-order valence-electron chi connectivity index (χ2n) is 7.03. The van der Waals surface area contributed by atoms with Gasteiger partial charge in [0.1, 0.15) is 0 Å². The molecule has 1 amide bonds. The van der Waals surface area contributed by atoms with Crippen LogP contribution in [0.3, 0.4) is 0 Å². The predicted molar refractivity (Wildman–Crippen MR) is 93.2 cm³/mol. The Bertz CT molecular complexity index is 517. The fourth-order valence-electron chi connectivity index (χ4n) is 3.66. The molecule has 1 unspecified atom stereocenters. The van der Waals surface area contributed by atoms with E-state index in [0.29, 0.717) is 6.04 Å². The number of nitrogens with one attached hydrogen (secondary N) is 2. The molecular weight excluding hydrogens is 286 g/mol. The summed E-state index contributed by atoms with van der Waals surface area (Å²) >= 11 is 0. The van der Waals surface area contributed by atoms with Crippen molar-refractivity contribution in [2.45, 2.75) is 45.2 Å². The van der Waals surface area contributed by atoms with Crippen molar-refractivity contribution in [3.8, 4) is 0 Å². The van der Waals surface area contributed by atoms with E-state index >= 15 is 0 Å². The maximum absolute atomic E-state index is 12.3. The highest BCUT2D eigenvalue weighted by Gasteiger charge is 2.25. The summed E-state index contributed by atoms with van der Waals surface area (Å²) in [5.74, 6) is 0.434. The number of likely N-dealkylation sites (tertiary alicyclic amines) is 1. The molecule has 0 spiro atoms. The fourth-order valence-corrected chi connectivity index (χ4v) is 3.66. The fraction of sp³-hybridized carbons (Fsp3) is 0.632. The number of aryl methyl sites for hydroxylation is 1. The van der Waals surface area contributed by atoms with E-state index in [1.54, 1.807) is 0 Å². The van der Waals surface area contributed by atoms with Crippen LogP contribution < -0.4 is 10.6 Å². The number of benzene rings is 1. The molecule has 1 aromatic carbocycles. The van der Waals surface area contributed by atoms with Gasteiger partial charge in [0.15, 0.2) is 0 Å². The Morgan fingerprint density at radius 3 is 2.74 bits per heavy atom. The van der Waals surface area contributed by atoms with Crippen molar-refractivity contribution in [1.29, 1.82) is 0 Å². The van der Waals surface area contributed by atoms with Crippen LogP contribution in [0.4, 0.5) is 0 Å². The zero-order valence-electron chi connectivity index (χ0n) is 14.2. The van der Waals surface area contributed by atoms with Crippen LogP contribution in [0.2, 0.25) is 0 Å². The van der Waals surface area contributed by atoms with Gasteiger partial charge in [0.2, 0.25) is 5.91 Å². The van der Waals surface area contributed by atoms with E-state index in [1.807, 2.05) is 0 Å². The summed E-state index contributed by atoms with van der Waals surface area (Å²) in [6.45, 7) is 7.25. The smallest absolute Gasteiger partial charge is 0.224 e. The number of carbonyl (C=O) groups is 1. The van der Waals surface area contributed by atoms with E-state index in [1.165, 1.54) is 11.1 Å². The average Bonchev–Trinajstić information content (AvgIpc) is 2.59. The molecule has 2 fully saturated rings. The van der Waals surface area contributed by atoms with Gasteiger partial charge in [-0.15, -0.1) is 0 Å². The number of hydrogen-bond donors (Lipinski definition) is 2. The van der Waals surface area contributed by atoms with Crippen LogP contribution in [-0.2, 0) is 11.3 Å². The lowest BCUT2D eigenvalue weighted by atomic mass is 9.97. The standard InChI is InChI=1S/C19H29N3O/c1-15-5-2-3-6-17(15)14-22-11-8-18(9-12-22)21-19(23)16-7-4-10-20-13-16/h2-3,5-6,16,18,20H,4,7-14H2,1H3,(H,21,23). The van der Waals surface area contributed by atoms with Crippen molar-refractivity contribution in [2.24, 2.45) is 5.92 Å². The van der Waals surface area contributed by atoms with Crippen LogP contribution in [0.15, 0.2) is 24.3 Å². The average molecular weight is 315 g/mol. The normalized spacial score (nSPS) is 23.6. The van der Waals surface area contributed by atoms with Gasteiger partial charge in [-0.25, -0.2) is 0 Å². The molecule has 2 heterocycles. The first-order valence-corrected chi connectivity index (χ1v) is 9.00. The zero-order chi connectivity index (χ0) is 16.1. The van der Waals surface area contributed by atoms with E-state index in [0.717, 1.165) is 58.4 Å². The summed E-state index contributed by atoms with van der Waals surface area (Å²) in [6.07, 6.45) is 4.29. The molecule has 0 saturated carbocycles. The van der Waals surface area contributed by atoms with Gasteiger partial charge in [-0.1, -0.05) is 24.3 Å². The SMILES string of the molecule is Cc1ccccc1CN1CCC(NC(=O)C2CCCNC2)CC1. The molecular formula is C19H29N3O. The van der Waals surface area contributed by atoms with E-state index < -0.39 is 0 Å². The Kier molecular flexibility index (Phi) is 5.68. The second kappa shape index (κ2) is 7.93. The van der Waals surface area contributed by atoms with Crippen LogP contribution in [0.5, 0.6) is 0 Å². The summed E-state index contributed by atoms with van der Waals surface area (Å²) in [5, 5.41) is 6.60. The summed E-state index contributed by atoms with van der Waals surface area (Å²) in [4.78, 5) is 14.8. The maximum Gasteiger partial charge on any atom is 0.224 e. The molecule has 0 aromatic heterocycles. The van der Waals surface area contributed by atoms with Crippen molar-refractivity contribution < 1.29 is 4.79 Å². The number of amides is 1. The summed E-state index contributed by atoms with van der Waals surface area (Å²) in [5.41, 5.74) is 2.79. The molecule has 2 aliphatic rings. The molecule has 1 aromatic rings. The van der Waals surface area contributed by atoms with Crippen LogP contribution in [0.25, 0.3) is 0 Å². The van der Waals surface area contributed by atoms with E-state index in [4.69, 9.17) is 0 Å². The van der Waals surface area contributed by atoms with Gasteiger partial charge in [-0.05, 0) is 50.3 Å². The minimum Gasteiger partial charge on any atom is -0.353 e. The maximum atomic E-state index is 12.3. The Morgan fingerprint density at radius 2 is 2.04 bits per heavy atom. The van der Waals surface area contributed by atoms with Crippen molar-refractivity contribution in [1.82, 2.24) is 15.5 Å². The molecule has 0 radical (unpaired) electrons. The lowest BCUT2D eigenvalue weighted by Gasteiger charge is -2.33. The molecule has 23 heavy (non-hydrogen) atoms. The Labute approximate surface area is 139 Å². The lowest BCUT2D eigenvalue weighted by Crippen LogP contribution is -2.48. The lowest BCUT2D eigenvalue weighted by molar-refractivity contribution is -0.126. The van der Waals surface area contributed by atoms with Gasteiger partial charge in [-0.3, -0.25) is 9.69 Å². The molecule has 3 rings (SSSR count). The largest absolute Gasteiger partial charge is 0.353 e. The third-order valence-electron chi connectivity index (χ3n) is 5.26. The van der Waals surface area contributed by atoms with Crippen molar-refractivity contribution in [3.63, 3.8) is 0 Å². The summed E-state index contributed by atoms with van der Waals surface area (Å²) < 4.78 is 0. The van der Waals surface area contributed by atoms with Gasteiger partial charge in [0, 0.05) is 32.2 Å². The molecule has 0 bridgehead atoms. The molecule has 1 atom stereocenters. The van der Waals surface area contributed by atoms with Crippen LogP contribution in [-0.4, -0.2) is 43.0 Å². The Balaban J connectivity index is 1.43. The van der Waals surface area contributed by atoms with E-state index in [-0.39, 0.29) is 11.8 Å². The number of piperidine rings is 2. The molecule has 2 aliphatic heterocycles. The monoisotopic (exact) mass is 315 g/mol. The van der Waals surface area contributed by atoms with Gasteiger partial charge < -0.3 is 10.6 Å². The molecule has 4 heteroatoms. The quantitative estimate of drug-likeness (QED) is 0.894. The molecule has 2 saturated heterocycles. The highest BCUT2D eigenvalue weighted by atomic mass is 16.2. The Morgan fingerprint density at radius 1 is 1.26 bits per heavy atom. The van der Waals surface area contributed by atoms with E-state index in [9.17, 15) is 4.79 Å². The van der Waals surface area contributed by atoms with Crippen LogP contribution in [0.1, 0.15) is 36.8 Å². The highest BCUT2D eigenvalue weighted by molar-refractivity contribution is 5.79. The van der Waals surface area contributed by atoms with Crippen molar-refractivity contribution in [3.05, 3.63) is 35.4 Å². The first-order valence-electron chi connectivity index (χ1n) is 9.00. The minimum absolute atomic E-state index is 0.175. The minimum atomic E-state index is 0.175. The molecule has 0 aliphatic carbocycles. The van der Waals surface area contributed by atoms with Crippen molar-refractivity contribution >= 4 is 5.91 Å². The first-order chi connectivity index (χ1) is 11.2. The van der Waals surface area contributed by atoms with E-state index in [2.05, 4.69) is 46.7 Å². The summed E-state index contributed by atoms with van der Waals surface area (Å²) in [7, 11) is 0.